The van der Waals surface area contributed by atoms with Gasteiger partial charge in [-0.25, -0.2) is 0 Å². The third kappa shape index (κ3) is 4.28. The number of hydrogen-bond acceptors (Lipinski definition) is 3. The summed E-state index contributed by atoms with van der Waals surface area (Å²) in [4.78, 5) is 14.3. The standard InChI is InChI=1S/C13H26N2O2/c1-5-8-15(11-6-7-14-10-11)12(16)9-13(2,3)17-4/h11,14H,5-10H2,1-4H3. The lowest BCUT2D eigenvalue weighted by atomic mass is 10.0. The molecule has 0 aromatic heterocycles. The SMILES string of the molecule is CCCN(C(=O)CC(C)(C)OC)C1CCNC1. The maximum Gasteiger partial charge on any atom is 0.225 e. The highest BCUT2D eigenvalue weighted by Gasteiger charge is 2.30. The molecule has 1 saturated heterocycles. The van der Waals surface area contributed by atoms with Crippen LogP contribution in [-0.2, 0) is 9.53 Å². The smallest absolute Gasteiger partial charge is 0.225 e. The fraction of sp³-hybridized carbons (Fsp3) is 0.923. The van der Waals surface area contributed by atoms with E-state index in [0.717, 1.165) is 32.5 Å². The highest BCUT2D eigenvalue weighted by Crippen LogP contribution is 2.18. The number of rotatable bonds is 6. The van der Waals surface area contributed by atoms with Crippen molar-refractivity contribution in [3.8, 4) is 0 Å². The molecule has 1 unspecified atom stereocenters. The second-order valence-corrected chi connectivity index (χ2v) is 5.37. The Morgan fingerprint density at radius 2 is 2.24 bits per heavy atom. The fourth-order valence-corrected chi connectivity index (χ4v) is 2.20. The molecule has 1 amide bonds. The van der Waals surface area contributed by atoms with E-state index in [4.69, 9.17) is 4.74 Å². The molecule has 1 fully saturated rings. The molecule has 0 saturated carbocycles. The van der Waals surface area contributed by atoms with Crippen molar-refractivity contribution in [3.63, 3.8) is 0 Å². The Morgan fingerprint density at radius 3 is 2.71 bits per heavy atom. The second kappa shape index (κ2) is 6.36. The molecule has 0 aromatic carbocycles. The highest BCUT2D eigenvalue weighted by molar-refractivity contribution is 5.77. The topological polar surface area (TPSA) is 41.6 Å². The van der Waals surface area contributed by atoms with Gasteiger partial charge in [-0.2, -0.15) is 0 Å². The first-order valence-corrected chi connectivity index (χ1v) is 6.55. The van der Waals surface area contributed by atoms with E-state index < -0.39 is 0 Å². The Kier molecular flexibility index (Phi) is 5.40. The average Bonchev–Trinajstić information content (AvgIpc) is 2.78. The van der Waals surface area contributed by atoms with E-state index in [0.29, 0.717) is 12.5 Å². The van der Waals surface area contributed by atoms with Crippen LogP contribution in [0.3, 0.4) is 0 Å². The number of carbonyl (C=O) groups excluding carboxylic acids is 1. The Morgan fingerprint density at radius 1 is 1.53 bits per heavy atom. The second-order valence-electron chi connectivity index (χ2n) is 5.37. The van der Waals surface area contributed by atoms with Crippen LogP contribution in [0.15, 0.2) is 0 Å². The van der Waals surface area contributed by atoms with Gasteiger partial charge in [0.05, 0.1) is 12.0 Å². The van der Waals surface area contributed by atoms with Crippen LogP contribution in [-0.4, -0.2) is 49.2 Å². The third-order valence-corrected chi connectivity index (χ3v) is 3.39. The molecule has 1 aliphatic heterocycles. The van der Waals surface area contributed by atoms with Gasteiger partial charge < -0.3 is 15.0 Å². The first kappa shape index (κ1) is 14.5. The Bertz CT molecular complexity index is 248. The minimum atomic E-state index is -0.366. The van der Waals surface area contributed by atoms with E-state index in [-0.39, 0.29) is 11.5 Å². The van der Waals surface area contributed by atoms with Crippen molar-refractivity contribution in [3.05, 3.63) is 0 Å². The number of methoxy groups -OCH3 is 1. The van der Waals surface area contributed by atoms with Gasteiger partial charge in [-0.1, -0.05) is 6.92 Å². The molecular formula is C13H26N2O2. The molecule has 4 nitrogen and oxygen atoms in total. The Hall–Kier alpha value is -0.610. The van der Waals surface area contributed by atoms with Gasteiger partial charge in [0, 0.05) is 26.2 Å². The maximum absolute atomic E-state index is 12.3. The van der Waals surface area contributed by atoms with Crippen molar-refractivity contribution < 1.29 is 9.53 Å². The summed E-state index contributed by atoms with van der Waals surface area (Å²) in [6.45, 7) is 8.84. The lowest BCUT2D eigenvalue weighted by Gasteiger charge is -2.32. The number of nitrogens with one attached hydrogen (secondary N) is 1. The number of amides is 1. The van der Waals surface area contributed by atoms with Gasteiger partial charge in [-0.05, 0) is 33.2 Å². The van der Waals surface area contributed by atoms with Gasteiger partial charge >= 0.3 is 0 Å². The summed E-state index contributed by atoms with van der Waals surface area (Å²) >= 11 is 0. The number of nitrogens with zero attached hydrogens (tertiary/aromatic N) is 1. The summed E-state index contributed by atoms with van der Waals surface area (Å²) in [6, 6.07) is 0.370. The van der Waals surface area contributed by atoms with Gasteiger partial charge in [0.1, 0.15) is 0 Å². The summed E-state index contributed by atoms with van der Waals surface area (Å²) in [5.74, 6) is 0.215. The van der Waals surface area contributed by atoms with Crippen molar-refractivity contribution >= 4 is 5.91 Å². The first-order chi connectivity index (χ1) is 8.00. The lowest BCUT2D eigenvalue weighted by molar-refractivity contribution is -0.138. The molecule has 0 bridgehead atoms. The van der Waals surface area contributed by atoms with Crippen molar-refractivity contribution in [1.29, 1.82) is 0 Å². The van der Waals surface area contributed by atoms with Crippen molar-refractivity contribution in [2.75, 3.05) is 26.7 Å². The van der Waals surface area contributed by atoms with E-state index in [1.54, 1.807) is 7.11 Å². The summed E-state index contributed by atoms with van der Waals surface area (Å²) in [5, 5.41) is 3.32. The van der Waals surface area contributed by atoms with Gasteiger partial charge in [0.2, 0.25) is 5.91 Å². The van der Waals surface area contributed by atoms with E-state index in [1.807, 2.05) is 18.7 Å². The molecule has 0 spiro atoms. The zero-order valence-corrected chi connectivity index (χ0v) is 11.6. The predicted molar refractivity (Wildman–Crippen MR) is 69.0 cm³/mol. The molecule has 1 N–H and O–H groups in total. The van der Waals surface area contributed by atoms with Crippen molar-refractivity contribution in [2.24, 2.45) is 0 Å². The summed E-state index contributed by atoms with van der Waals surface area (Å²) < 4.78 is 5.34. The fourth-order valence-electron chi connectivity index (χ4n) is 2.20. The molecule has 1 aliphatic rings. The number of carbonyl (C=O) groups is 1. The molecule has 1 rings (SSSR count). The van der Waals surface area contributed by atoms with Gasteiger partial charge in [-0.3, -0.25) is 4.79 Å². The monoisotopic (exact) mass is 242 g/mol. The van der Waals surface area contributed by atoms with Crippen LogP contribution in [0.2, 0.25) is 0 Å². The van der Waals surface area contributed by atoms with Crippen molar-refractivity contribution in [1.82, 2.24) is 10.2 Å². The van der Waals surface area contributed by atoms with Crippen LogP contribution in [0.25, 0.3) is 0 Å². The molecule has 1 atom stereocenters. The molecule has 4 heteroatoms. The molecule has 17 heavy (non-hydrogen) atoms. The minimum Gasteiger partial charge on any atom is -0.378 e. The summed E-state index contributed by atoms with van der Waals surface area (Å²) in [6.07, 6.45) is 2.54. The molecule has 0 aromatic rings. The maximum atomic E-state index is 12.3. The zero-order valence-electron chi connectivity index (χ0n) is 11.6. The van der Waals surface area contributed by atoms with Gasteiger partial charge in [0.25, 0.3) is 0 Å². The molecule has 0 radical (unpaired) electrons. The molecule has 0 aliphatic carbocycles. The quantitative estimate of drug-likeness (QED) is 0.765. The van der Waals surface area contributed by atoms with Crippen LogP contribution in [0.1, 0.15) is 40.0 Å². The van der Waals surface area contributed by atoms with E-state index >= 15 is 0 Å². The Labute approximate surface area is 105 Å². The van der Waals surface area contributed by atoms with Gasteiger partial charge in [0.15, 0.2) is 0 Å². The largest absolute Gasteiger partial charge is 0.378 e. The van der Waals surface area contributed by atoms with E-state index in [2.05, 4.69) is 12.2 Å². The molecular weight excluding hydrogens is 216 g/mol. The lowest BCUT2D eigenvalue weighted by Crippen LogP contribution is -2.44. The van der Waals surface area contributed by atoms with Crippen molar-refractivity contribution in [2.45, 2.75) is 51.7 Å². The van der Waals surface area contributed by atoms with Crippen LogP contribution < -0.4 is 5.32 Å². The number of hydrogen-bond donors (Lipinski definition) is 1. The van der Waals surface area contributed by atoms with Crippen LogP contribution in [0, 0.1) is 0 Å². The molecule has 100 valence electrons. The number of ether oxygens (including phenoxy) is 1. The first-order valence-electron chi connectivity index (χ1n) is 6.55. The van der Waals surface area contributed by atoms with E-state index in [1.165, 1.54) is 0 Å². The normalized spacial score (nSPS) is 20.6. The average molecular weight is 242 g/mol. The minimum absolute atomic E-state index is 0.215. The summed E-state index contributed by atoms with van der Waals surface area (Å²) in [7, 11) is 1.66. The highest BCUT2D eigenvalue weighted by atomic mass is 16.5. The predicted octanol–water partition coefficient (Wildman–Crippen LogP) is 1.40. The van der Waals surface area contributed by atoms with Crippen LogP contribution in [0.5, 0.6) is 0 Å². The van der Waals surface area contributed by atoms with Crippen LogP contribution >= 0.6 is 0 Å². The zero-order chi connectivity index (χ0) is 12.9. The summed E-state index contributed by atoms with van der Waals surface area (Å²) in [5.41, 5.74) is -0.366. The Balaban J connectivity index is 2.59. The molecule has 1 heterocycles. The third-order valence-electron chi connectivity index (χ3n) is 3.39. The van der Waals surface area contributed by atoms with E-state index in [9.17, 15) is 4.79 Å². The van der Waals surface area contributed by atoms with Crippen LogP contribution in [0.4, 0.5) is 0 Å². The van der Waals surface area contributed by atoms with Gasteiger partial charge in [-0.15, -0.1) is 0 Å².